The Morgan fingerprint density at radius 1 is 1.41 bits per heavy atom. The molecule has 5 heteroatoms. The van der Waals surface area contributed by atoms with Gasteiger partial charge in [0.25, 0.3) is 5.69 Å². The summed E-state index contributed by atoms with van der Waals surface area (Å²) in [6, 6.07) is 6.20. The van der Waals surface area contributed by atoms with Crippen LogP contribution in [0.25, 0.3) is 10.9 Å². The minimum Gasteiger partial charge on any atom is -0.384 e. The second-order valence-electron chi connectivity index (χ2n) is 3.25. The number of nitrogens with zero attached hydrogens (tertiary/aromatic N) is 2. The van der Waals surface area contributed by atoms with E-state index < -0.39 is 4.92 Å². The highest BCUT2D eigenvalue weighted by Crippen LogP contribution is 2.26. The largest absolute Gasteiger partial charge is 0.384 e. The molecule has 0 unspecified atom stereocenters. The minimum atomic E-state index is -0.451. The summed E-state index contributed by atoms with van der Waals surface area (Å²) in [5.74, 6) is 5.22. The van der Waals surface area contributed by atoms with Gasteiger partial charge in [-0.1, -0.05) is 11.8 Å². The van der Waals surface area contributed by atoms with Crippen LogP contribution in [0.4, 0.5) is 5.69 Å². The van der Waals surface area contributed by atoms with Crippen molar-refractivity contribution in [2.75, 3.05) is 6.61 Å². The van der Waals surface area contributed by atoms with Crippen molar-refractivity contribution in [2.45, 2.75) is 0 Å². The number of rotatable bonds is 1. The smallest absolute Gasteiger partial charge is 0.278 e. The average molecular weight is 228 g/mol. The van der Waals surface area contributed by atoms with Crippen molar-refractivity contribution in [3.8, 4) is 11.8 Å². The van der Waals surface area contributed by atoms with Crippen molar-refractivity contribution in [3.63, 3.8) is 0 Å². The predicted molar refractivity (Wildman–Crippen MR) is 62.4 cm³/mol. The highest BCUT2D eigenvalue weighted by atomic mass is 16.6. The zero-order chi connectivity index (χ0) is 12.3. The van der Waals surface area contributed by atoms with Crippen LogP contribution in [-0.2, 0) is 0 Å². The van der Waals surface area contributed by atoms with E-state index in [2.05, 4.69) is 16.8 Å². The summed E-state index contributed by atoms with van der Waals surface area (Å²) in [4.78, 5) is 14.5. The molecule has 0 aliphatic rings. The lowest BCUT2D eigenvalue weighted by molar-refractivity contribution is -0.383. The van der Waals surface area contributed by atoms with Crippen LogP contribution in [0.3, 0.4) is 0 Å². The second kappa shape index (κ2) is 4.60. The number of hydrogen-bond acceptors (Lipinski definition) is 4. The zero-order valence-electron chi connectivity index (χ0n) is 8.75. The van der Waals surface area contributed by atoms with Crippen molar-refractivity contribution in [1.29, 1.82) is 0 Å². The van der Waals surface area contributed by atoms with Gasteiger partial charge >= 0.3 is 0 Å². The van der Waals surface area contributed by atoms with Crippen molar-refractivity contribution >= 4 is 16.6 Å². The molecule has 84 valence electrons. The fraction of sp³-hybridized carbons (Fsp3) is 0.0833. The van der Waals surface area contributed by atoms with Crippen LogP contribution in [-0.4, -0.2) is 21.6 Å². The Morgan fingerprint density at radius 2 is 2.24 bits per heavy atom. The van der Waals surface area contributed by atoms with Gasteiger partial charge < -0.3 is 5.11 Å². The van der Waals surface area contributed by atoms with E-state index in [1.54, 1.807) is 18.3 Å². The van der Waals surface area contributed by atoms with E-state index in [1.165, 1.54) is 12.1 Å². The zero-order valence-corrected chi connectivity index (χ0v) is 8.75. The standard InChI is InChI=1S/C12H8N2O3/c15-8-2-3-9-5-6-11(14(16)17)10-4-1-7-13-12(9)10/h1,4-7,15H,8H2. The molecule has 5 nitrogen and oxygen atoms in total. The van der Waals surface area contributed by atoms with Crippen LogP contribution in [0.15, 0.2) is 30.5 Å². The van der Waals surface area contributed by atoms with Crippen LogP contribution in [0.2, 0.25) is 0 Å². The first-order valence-electron chi connectivity index (χ1n) is 4.86. The molecular weight excluding hydrogens is 220 g/mol. The molecule has 0 aliphatic carbocycles. The van der Waals surface area contributed by atoms with E-state index >= 15 is 0 Å². The first kappa shape index (κ1) is 11.0. The van der Waals surface area contributed by atoms with E-state index in [0.717, 1.165) is 0 Å². The van der Waals surface area contributed by atoms with Crippen LogP contribution in [0, 0.1) is 22.0 Å². The van der Waals surface area contributed by atoms with Gasteiger partial charge in [-0.05, 0) is 18.2 Å². The predicted octanol–water partition coefficient (Wildman–Crippen LogP) is 1.49. The molecule has 17 heavy (non-hydrogen) atoms. The number of benzene rings is 1. The van der Waals surface area contributed by atoms with E-state index in [-0.39, 0.29) is 12.3 Å². The summed E-state index contributed by atoms with van der Waals surface area (Å²) in [5, 5.41) is 19.9. The van der Waals surface area contributed by atoms with Gasteiger partial charge in [-0.2, -0.15) is 0 Å². The van der Waals surface area contributed by atoms with Gasteiger partial charge in [0.05, 0.1) is 21.4 Å². The number of nitro benzene ring substituents is 1. The molecule has 0 saturated heterocycles. The normalized spacial score (nSPS) is 9.71. The molecule has 0 saturated carbocycles. The lowest BCUT2D eigenvalue weighted by Gasteiger charge is -2.00. The van der Waals surface area contributed by atoms with Crippen LogP contribution >= 0.6 is 0 Å². The molecule has 2 aromatic rings. The number of non-ortho nitro benzene ring substituents is 1. The summed E-state index contributed by atoms with van der Waals surface area (Å²) in [6.07, 6.45) is 1.55. The fourth-order valence-corrected chi connectivity index (χ4v) is 1.55. The molecule has 1 heterocycles. The monoisotopic (exact) mass is 228 g/mol. The first-order chi connectivity index (χ1) is 8.24. The minimum absolute atomic E-state index is 0.00245. The first-order valence-corrected chi connectivity index (χ1v) is 4.86. The quantitative estimate of drug-likeness (QED) is 0.455. The maximum absolute atomic E-state index is 10.8. The Kier molecular flexibility index (Phi) is 2.99. The Balaban J connectivity index is 2.75. The van der Waals surface area contributed by atoms with Gasteiger partial charge in [0, 0.05) is 12.3 Å². The molecule has 1 aromatic carbocycles. The third-order valence-corrected chi connectivity index (χ3v) is 2.25. The summed E-state index contributed by atoms with van der Waals surface area (Å²) in [6.45, 7) is -0.259. The van der Waals surface area contributed by atoms with Gasteiger partial charge in [0.1, 0.15) is 6.61 Å². The van der Waals surface area contributed by atoms with E-state index in [9.17, 15) is 10.1 Å². The highest BCUT2D eigenvalue weighted by molar-refractivity contribution is 5.92. The summed E-state index contributed by atoms with van der Waals surface area (Å²) >= 11 is 0. The molecule has 0 bridgehead atoms. The van der Waals surface area contributed by atoms with Crippen molar-refractivity contribution in [3.05, 3.63) is 46.1 Å². The highest BCUT2D eigenvalue weighted by Gasteiger charge is 2.13. The van der Waals surface area contributed by atoms with Gasteiger partial charge in [-0.15, -0.1) is 0 Å². The molecule has 0 radical (unpaired) electrons. The summed E-state index contributed by atoms with van der Waals surface area (Å²) in [5.41, 5.74) is 1.05. The van der Waals surface area contributed by atoms with Gasteiger partial charge in [0.2, 0.25) is 0 Å². The molecule has 2 rings (SSSR count). The maximum atomic E-state index is 10.8. The topological polar surface area (TPSA) is 76.3 Å². The lowest BCUT2D eigenvalue weighted by atomic mass is 10.1. The third kappa shape index (κ3) is 2.07. The Hall–Kier alpha value is -2.45. The van der Waals surface area contributed by atoms with Crippen LogP contribution in [0.1, 0.15) is 5.56 Å². The number of nitro groups is 1. The van der Waals surface area contributed by atoms with Gasteiger partial charge in [0.15, 0.2) is 0 Å². The van der Waals surface area contributed by atoms with Gasteiger partial charge in [-0.3, -0.25) is 15.1 Å². The molecule has 0 fully saturated rings. The third-order valence-electron chi connectivity index (χ3n) is 2.25. The molecule has 0 spiro atoms. The molecule has 1 aromatic heterocycles. The maximum Gasteiger partial charge on any atom is 0.278 e. The average Bonchev–Trinajstić information content (AvgIpc) is 2.35. The van der Waals surface area contributed by atoms with E-state index in [4.69, 9.17) is 5.11 Å². The van der Waals surface area contributed by atoms with Crippen molar-refractivity contribution in [1.82, 2.24) is 4.98 Å². The number of aliphatic hydroxyl groups is 1. The van der Waals surface area contributed by atoms with Crippen molar-refractivity contribution < 1.29 is 10.0 Å². The summed E-state index contributed by atoms with van der Waals surface area (Å²) < 4.78 is 0. The van der Waals surface area contributed by atoms with E-state index in [1.807, 2.05) is 0 Å². The SMILES string of the molecule is O=[N+]([O-])c1ccc(C#CCO)c2ncccc12. The molecule has 1 N–H and O–H groups in total. The van der Waals surface area contributed by atoms with Crippen LogP contribution in [0.5, 0.6) is 0 Å². The van der Waals surface area contributed by atoms with E-state index in [0.29, 0.717) is 16.5 Å². The van der Waals surface area contributed by atoms with Crippen LogP contribution < -0.4 is 0 Å². The second-order valence-corrected chi connectivity index (χ2v) is 3.25. The Bertz CT molecular complexity index is 641. The summed E-state index contributed by atoms with van der Waals surface area (Å²) in [7, 11) is 0. The number of aliphatic hydroxyl groups excluding tert-OH is 1. The number of hydrogen-bond donors (Lipinski definition) is 1. The van der Waals surface area contributed by atoms with Crippen molar-refractivity contribution in [2.24, 2.45) is 0 Å². The van der Waals surface area contributed by atoms with Gasteiger partial charge in [-0.25, -0.2) is 0 Å². The lowest BCUT2D eigenvalue weighted by Crippen LogP contribution is -1.92. The number of aromatic nitrogens is 1. The number of pyridine rings is 1. The Morgan fingerprint density at radius 3 is 2.94 bits per heavy atom. The molecule has 0 amide bonds. The fourth-order valence-electron chi connectivity index (χ4n) is 1.55. The molecule has 0 atom stereocenters. The molecule has 0 aliphatic heterocycles. The Labute approximate surface area is 96.9 Å². The molecular formula is C12H8N2O3. The number of fused-ring (bicyclic) bond motifs is 1.